The van der Waals surface area contributed by atoms with Gasteiger partial charge in [-0.25, -0.2) is 4.98 Å². The van der Waals surface area contributed by atoms with Crippen LogP contribution in [0.15, 0.2) is 17.3 Å². The van der Waals surface area contributed by atoms with E-state index in [9.17, 15) is 0 Å². The van der Waals surface area contributed by atoms with E-state index in [0.717, 1.165) is 18.1 Å². The molecule has 1 aliphatic rings. The SMILES string of the molecule is CC1OCCC1Sc1ncc(Cl)cc1N. The highest BCUT2D eigenvalue weighted by molar-refractivity contribution is 8.00. The van der Waals surface area contributed by atoms with Crippen LogP contribution in [0.25, 0.3) is 0 Å². The Balaban J connectivity index is 2.10. The Hall–Kier alpha value is -0.450. The lowest BCUT2D eigenvalue weighted by Crippen LogP contribution is -2.13. The highest BCUT2D eigenvalue weighted by Crippen LogP contribution is 2.34. The van der Waals surface area contributed by atoms with E-state index in [0.29, 0.717) is 16.0 Å². The Morgan fingerprint density at radius 3 is 3.07 bits per heavy atom. The smallest absolute Gasteiger partial charge is 0.119 e. The maximum atomic E-state index is 5.84. The summed E-state index contributed by atoms with van der Waals surface area (Å²) in [6, 6.07) is 1.73. The number of nitrogens with two attached hydrogens (primary N) is 1. The number of hydrogen-bond acceptors (Lipinski definition) is 4. The lowest BCUT2D eigenvalue weighted by atomic mass is 10.3. The minimum absolute atomic E-state index is 0.270. The molecule has 1 saturated heterocycles. The average Bonchev–Trinajstić information content (AvgIpc) is 2.57. The van der Waals surface area contributed by atoms with Gasteiger partial charge in [-0.05, 0) is 19.4 Å². The summed E-state index contributed by atoms with van der Waals surface area (Å²) in [5.74, 6) is 0. The van der Waals surface area contributed by atoms with E-state index in [4.69, 9.17) is 22.1 Å². The van der Waals surface area contributed by atoms with Crippen LogP contribution >= 0.6 is 23.4 Å². The van der Waals surface area contributed by atoms with Crippen LogP contribution < -0.4 is 5.73 Å². The van der Waals surface area contributed by atoms with Crippen molar-refractivity contribution >= 4 is 29.1 Å². The second-order valence-electron chi connectivity index (χ2n) is 3.57. The Kier molecular flexibility index (Phi) is 3.38. The first-order valence-electron chi connectivity index (χ1n) is 4.86. The van der Waals surface area contributed by atoms with Gasteiger partial charge in [0, 0.05) is 18.1 Å². The molecule has 82 valence electrons. The van der Waals surface area contributed by atoms with Crippen molar-refractivity contribution in [2.24, 2.45) is 0 Å². The maximum absolute atomic E-state index is 5.84. The number of ether oxygens (including phenoxy) is 1. The summed E-state index contributed by atoms with van der Waals surface area (Å²) < 4.78 is 5.49. The van der Waals surface area contributed by atoms with Gasteiger partial charge < -0.3 is 10.5 Å². The molecule has 2 rings (SSSR count). The van der Waals surface area contributed by atoms with E-state index < -0.39 is 0 Å². The van der Waals surface area contributed by atoms with Gasteiger partial charge in [0.2, 0.25) is 0 Å². The Labute approximate surface area is 98.3 Å². The van der Waals surface area contributed by atoms with Crippen LogP contribution in [0.5, 0.6) is 0 Å². The van der Waals surface area contributed by atoms with Crippen molar-refractivity contribution < 1.29 is 4.74 Å². The standard InChI is InChI=1S/C10H13ClN2OS/c1-6-9(2-3-14-6)15-10-8(12)4-7(11)5-13-10/h4-6,9H,2-3,12H2,1H3. The molecular formula is C10H13ClN2OS. The average molecular weight is 245 g/mol. The molecule has 0 bridgehead atoms. The molecule has 0 aromatic carbocycles. The molecule has 2 N–H and O–H groups in total. The summed E-state index contributed by atoms with van der Waals surface area (Å²) in [7, 11) is 0. The fourth-order valence-corrected chi connectivity index (χ4v) is 2.80. The molecule has 0 radical (unpaired) electrons. The van der Waals surface area contributed by atoms with Gasteiger partial charge in [0.25, 0.3) is 0 Å². The summed E-state index contributed by atoms with van der Waals surface area (Å²) in [6.07, 6.45) is 2.95. The number of halogens is 1. The molecule has 0 spiro atoms. The molecule has 2 heterocycles. The summed E-state index contributed by atoms with van der Waals surface area (Å²) in [4.78, 5) is 4.23. The minimum Gasteiger partial charge on any atom is -0.396 e. The molecular weight excluding hydrogens is 232 g/mol. The number of nitrogens with zero attached hydrogens (tertiary/aromatic N) is 1. The minimum atomic E-state index is 0.270. The number of nitrogen functional groups attached to an aromatic ring is 1. The topological polar surface area (TPSA) is 48.1 Å². The number of thioether (sulfide) groups is 1. The Bertz CT molecular complexity index is 361. The fourth-order valence-electron chi connectivity index (χ4n) is 1.55. The second kappa shape index (κ2) is 4.60. The summed E-state index contributed by atoms with van der Waals surface area (Å²) >= 11 is 7.46. The van der Waals surface area contributed by atoms with E-state index in [2.05, 4.69) is 11.9 Å². The monoisotopic (exact) mass is 244 g/mol. The van der Waals surface area contributed by atoms with Crippen LogP contribution in [0.3, 0.4) is 0 Å². The summed E-state index contributed by atoms with van der Waals surface area (Å²) in [5, 5.41) is 1.87. The molecule has 1 aliphatic heterocycles. The van der Waals surface area contributed by atoms with E-state index >= 15 is 0 Å². The van der Waals surface area contributed by atoms with Crippen molar-refractivity contribution in [3.8, 4) is 0 Å². The third-order valence-corrected chi connectivity index (χ3v) is 4.11. The van der Waals surface area contributed by atoms with Crippen molar-refractivity contribution in [3.63, 3.8) is 0 Å². The van der Waals surface area contributed by atoms with Crippen molar-refractivity contribution in [1.82, 2.24) is 4.98 Å². The predicted molar refractivity (Wildman–Crippen MR) is 63.3 cm³/mol. The van der Waals surface area contributed by atoms with Gasteiger partial charge in [0.15, 0.2) is 0 Å². The largest absolute Gasteiger partial charge is 0.396 e. The molecule has 0 aliphatic carbocycles. The molecule has 5 heteroatoms. The summed E-state index contributed by atoms with van der Waals surface area (Å²) in [6.45, 7) is 2.91. The van der Waals surface area contributed by atoms with Crippen LogP contribution in [0.2, 0.25) is 5.02 Å². The molecule has 15 heavy (non-hydrogen) atoms. The zero-order valence-corrected chi connectivity index (χ0v) is 10.0. The van der Waals surface area contributed by atoms with E-state index in [1.165, 1.54) is 0 Å². The van der Waals surface area contributed by atoms with E-state index in [1.54, 1.807) is 24.0 Å². The van der Waals surface area contributed by atoms with Crippen LogP contribution in [0.1, 0.15) is 13.3 Å². The zero-order valence-electron chi connectivity index (χ0n) is 8.44. The van der Waals surface area contributed by atoms with Gasteiger partial charge in [-0.1, -0.05) is 23.4 Å². The van der Waals surface area contributed by atoms with Crippen molar-refractivity contribution in [1.29, 1.82) is 0 Å². The van der Waals surface area contributed by atoms with E-state index in [-0.39, 0.29) is 6.10 Å². The van der Waals surface area contributed by atoms with Gasteiger partial charge in [-0.15, -0.1) is 0 Å². The van der Waals surface area contributed by atoms with Crippen molar-refractivity contribution in [3.05, 3.63) is 17.3 Å². The molecule has 2 unspecified atom stereocenters. The molecule has 2 atom stereocenters. The fraction of sp³-hybridized carbons (Fsp3) is 0.500. The lowest BCUT2D eigenvalue weighted by Gasteiger charge is -2.13. The zero-order chi connectivity index (χ0) is 10.8. The molecule has 0 amide bonds. The number of rotatable bonds is 2. The first-order valence-corrected chi connectivity index (χ1v) is 6.12. The Morgan fingerprint density at radius 1 is 1.67 bits per heavy atom. The van der Waals surface area contributed by atoms with Crippen molar-refractivity contribution in [2.45, 2.75) is 29.7 Å². The van der Waals surface area contributed by atoms with Gasteiger partial charge in [-0.2, -0.15) is 0 Å². The first kappa shape index (κ1) is 11.0. The van der Waals surface area contributed by atoms with Crippen molar-refractivity contribution in [2.75, 3.05) is 12.3 Å². The summed E-state index contributed by atoms with van der Waals surface area (Å²) in [5.41, 5.74) is 6.48. The molecule has 3 nitrogen and oxygen atoms in total. The number of hydrogen-bond donors (Lipinski definition) is 1. The lowest BCUT2D eigenvalue weighted by molar-refractivity contribution is 0.127. The maximum Gasteiger partial charge on any atom is 0.119 e. The van der Waals surface area contributed by atoms with Gasteiger partial charge in [0.05, 0.1) is 16.8 Å². The number of aromatic nitrogens is 1. The number of pyridine rings is 1. The van der Waals surface area contributed by atoms with Crippen LogP contribution in [0.4, 0.5) is 5.69 Å². The normalized spacial score (nSPS) is 25.7. The molecule has 0 saturated carbocycles. The predicted octanol–water partition coefficient (Wildman–Crippen LogP) is 2.59. The van der Waals surface area contributed by atoms with Crippen LogP contribution in [0, 0.1) is 0 Å². The molecule has 1 aromatic heterocycles. The highest BCUT2D eigenvalue weighted by Gasteiger charge is 2.26. The quantitative estimate of drug-likeness (QED) is 0.869. The van der Waals surface area contributed by atoms with E-state index in [1.807, 2.05) is 0 Å². The van der Waals surface area contributed by atoms with Crippen LogP contribution in [-0.4, -0.2) is 22.9 Å². The van der Waals surface area contributed by atoms with Gasteiger partial charge in [0.1, 0.15) is 5.03 Å². The molecule has 1 fully saturated rings. The highest BCUT2D eigenvalue weighted by atomic mass is 35.5. The third-order valence-electron chi connectivity index (χ3n) is 2.42. The molecule has 1 aromatic rings. The van der Waals surface area contributed by atoms with Crippen LogP contribution in [-0.2, 0) is 4.74 Å². The Morgan fingerprint density at radius 2 is 2.47 bits per heavy atom. The van der Waals surface area contributed by atoms with Gasteiger partial charge in [-0.3, -0.25) is 0 Å². The third kappa shape index (κ3) is 2.56. The number of anilines is 1. The van der Waals surface area contributed by atoms with Gasteiger partial charge >= 0.3 is 0 Å². The second-order valence-corrected chi connectivity index (χ2v) is 5.23. The first-order chi connectivity index (χ1) is 7.16.